The normalized spacial score (nSPS) is 14.6. The van der Waals surface area contributed by atoms with E-state index in [1.807, 2.05) is 0 Å². The maximum atomic E-state index is 3.75. The van der Waals surface area contributed by atoms with Gasteiger partial charge in [0.25, 0.3) is 0 Å². The number of rotatable bonds is 3. The Hall–Kier alpha value is -6.06. The third-order valence-corrected chi connectivity index (χ3v) is 9.75. The van der Waals surface area contributed by atoms with Crippen molar-refractivity contribution in [3.05, 3.63) is 156 Å². The van der Waals surface area contributed by atoms with Gasteiger partial charge in [-0.15, -0.1) is 0 Å². The lowest BCUT2D eigenvalue weighted by Gasteiger charge is -2.15. The lowest BCUT2D eigenvalue weighted by atomic mass is 9.89. The van der Waals surface area contributed by atoms with Gasteiger partial charge in [0.1, 0.15) is 0 Å². The van der Waals surface area contributed by atoms with Crippen molar-refractivity contribution in [3.63, 3.8) is 0 Å². The number of hydrogen-bond donors (Lipinski definition) is 3. The van der Waals surface area contributed by atoms with Gasteiger partial charge in [0, 0.05) is 71.1 Å². The van der Waals surface area contributed by atoms with E-state index in [-0.39, 0.29) is 5.92 Å². The molecule has 216 valence electrons. The standard InChI is InChI=1S/C43H29N3/c1-4-19-38-32(11-1)33-16-7-10-26(25-41(33)44-38)27-22-28(30-14-8-17-36-34-12-2-5-20-39(34)45-42(30)36)24-29(23-27)31-15-9-18-37-35-13-3-6-21-40(35)46-43(31)37/h1-26,44-46H. The summed E-state index contributed by atoms with van der Waals surface area (Å²) in [4.78, 5) is 11.2. The quantitative estimate of drug-likeness (QED) is 0.184. The Bertz CT molecular complexity index is 2690. The SMILES string of the molecule is C1=CC(c2cc(-c3cccc4c3[nH]c3ccccc34)cc(-c3cccc4c3[nH]c3ccccc34)c2)C=c2[nH]c3ccccc3c2=C1. The van der Waals surface area contributed by atoms with Crippen LogP contribution in [0.1, 0.15) is 11.5 Å². The van der Waals surface area contributed by atoms with Crippen LogP contribution in [0.15, 0.2) is 140 Å². The molecule has 0 bridgehead atoms. The highest BCUT2D eigenvalue weighted by molar-refractivity contribution is 6.13. The predicted molar refractivity (Wildman–Crippen MR) is 194 cm³/mol. The topological polar surface area (TPSA) is 47.4 Å². The number of para-hydroxylation sites is 5. The maximum Gasteiger partial charge on any atom is 0.0544 e. The molecule has 0 amide bonds. The van der Waals surface area contributed by atoms with Crippen LogP contribution in [0.3, 0.4) is 0 Å². The number of fused-ring (bicyclic) bond motifs is 9. The monoisotopic (exact) mass is 587 g/mol. The summed E-state index contributed by atoms with van der Waals surface area (Å²) in [6.07, 6.45) is 9.16. The van der Waals surface area contributed by atoms with Crippen LogP contribution in [0.2, 0.25) is 0 Å². The van der Waals surface area contributed by atoms with Crippen LogP contribution < -0.4 is 10.6 Å². The van der Waals surface area contributed by atoms with Gasteiger partial charge in [0.15, 0.2) is 0 Å². The van der Waals surface area contributed by atoms with E-state index in [0.717, 1.165) is 11.0 Å². The number of aromatic amines is 3. The Morgan fingerprint density at radius 3 is 1.59 bits per heavy atom. The molecule has 3 N–H and O–H groups in total. The molecule has 1 unspecified atom stereocenters. The molecule has 1 atom stereocenters. The Kier molecular flexibility index (Phi) is 5.34. The number of benzene rings is 6. The minimum Gasteiger partial charge on any atom is -0.355 e. The molecular formula is C43H29N3. The highest BCUT2D eigenvalue weighted by Crippen LogP contribution is 2.40. The Morgan fingerprint density at radius 1 is 0.457 bits per heavy atom. The van der Waals surface area contributed by atoms with Gasteiger partial charge in [-0.1, -0.05) is 121 Å². The lowest BCUT2D eigenvalue weighted by molar-refractivity contribution is 1.13. The van der Waals surface area contributed by atoms with Crippen LogP contribution in [0.4, 0.5) is 0 Å². The molecule has 46 heavy (non-hydrogen) atoms. The van der Waals surface area contributed by atoms with Crippen molar-refractivity contribution in [1.29, 1.82) is 0 Å². The highest BCUT2D eigenvalue weighted by atomic mass is 14.7. The summed E-state index contributed by atoms with van der Waals surface area (Å²) in [6.45, 7) is 0. The zero-order valence-corrected chi connectivity index (χ0v) is 25.0. The smallest absolute Gasteiger partial charge is 0.0544 e. The third-order valence-electron chi connectivity index (χ3n) is 9.75. The molecule has 3 nitrogen and oxygen atoms in total. The molecule has 9 aromatic rings. The molecule has 6 aromatic carbocycles. The van der Waals surface area contributed by atoms with E-state index >= 15 is 0 Å². The summed E-state index contributed by atoms with van der Waals surface area (Å²) in [5.74, 6) is 0.0908. The highest BCUT2D eigenvalue weighted by Gasteiger charge is 2.17. The van der Waals surface area contributed by atoms with Gasteiger partial charge in [-0.05, 0) is 47.0 Å². The van der Waals surface area contributed by atoms with Gasteiger partial charge >= 0.3 is 0 Å². The summed E-state index contributed by atoms with van der Waals surface area (Å²) in [7, 11) is 0. The van der Waals surface area contributed by atoms with Gasteiger partial charge in [-0.2, -0.15) is 0 Å². The average molecular weight is 588 g/mol. The number of aromatic nitrogens is 3. The summed E-state index contributed by atoms with van der Waals surface area (Å²) < 4.78 is 0. The van der Waals surface area contributed by atoms with Crippen LogP contribution >= 0.6 is 0 Å². The zero-order valence-electron chi connectivity index (χ0n) is 25.0. The molecule has 0 radical (unpaired) electrons. The van der Waals surface area contributed by atoms with E-state index in [1.54, 1.807) is 0 Å². The van der Waals surface area contributed by atoms with Crippen LogP contribution in [0.25, 0.3) is 88.9 Å². The minimum absolute atomic E-state index is 0.0908. The van der Waals surface area contributed by atoms with Crippen LogP contribution in [0, 0.1) is 0 Å². The molecule has 1 aliphatic rings. The second-order valence-electron chi connectivity index (χ2n) is 12.4. The molecule has 3 heterocycles. The Balaban J connectivity index is 1.24. The fraction of sp³-hybridized carbons (Fsp3) is 0.0233. The van der Waals surface area contributed by atoms with Crippen LogP contribution in [-0.2, 0) is 0 Å². The second kappa shape index (κ2) is 9.72. The molecule has 3 heteroatoms. The van der Waals surface area contributed by atoms with Crippen molar-refractivity contribution < 1.29 is 0 Å². The van der Waals surface area contributed by atoms with Crippen LogP contribution in [0.5, 0.6) is 0 Å². The summed E-state index contributed by atoms with van der Waals surface area (Å²) in [5, 5.41) is 8.66. The van der Waals surface area contributed by atoms with Gasteiger partial charge in [-0.3, -0.25) is 0 Å². The van der Waals surface area contributed by atoms with Crippen molar-refractivity contribution in [1.82, 2.24) is 15.0 Å². The number of nitrogens with one attached hydrogen (secondary N) is 3. The van der Waals surface area contributed by atoms with Crippen molar-refractivity contribution in [2.45, 2.75) is 5.92 Å². The number of allylic oxidation sites excluding steroid dienone is 2. The van der Waals surface area contributed by atoms with E-state index < -0.39 is 0 Å². The first-order chi connectivity index (χ1) is 22.8. The maximum absolute atomic E-state index is 3.75. The zero-order chi connectivity index (χ0) is 30.2. The van der Waals surface area contributed by atoms with E-state index in [0.29, 0.717) is 0 Å². The third kappa shape index (κ3) is 3.79. The fourth-order valence-electron chi connectivity index (χ4n) is 7.59. The molecule has 0 fully saturated rings. The Labute approximate surface area is 264 Å². The fourth-order valence-corrected chi connectivity index (χ4v) is 7.59. The number of hydrogen-bond acceptors (Lipinski definition) is 0. The molecule has 0 spiro atoms. The predicted octanol–water partition coefficient (Wildman–Crippen LogP) is 9.69. The van der Waals surface area contributed by atoms with Gasteiger partial charge in [0.2, 0.25) is 0 Å². The second-order valence-corrected chi connectivity index (χ2v) is 12.4. The molecule has 10 rings (SSSR count). The van der Waals surface area contributed by atoms with E-state index in [4.69, 9.17) is 0 Å². The first-order valence-electron chi connectivity index (χ1n) is 15.9. The van der Waals surface area contributed by atoms with Crippen molar-refractivity contribution >= 4 is 66.7 Å². The van der Waals surface area contributed by atoms with Crippen LogP contribution in [-0.4, -0.2) is 15.0 Å². The molecule has 1 aliphatic carbocycles. The van der Waals surface area contributed by atoms with E-state index in [2.05, 4.69) is 167 Å². The first-order valence-corrected chi connectivity index (χ1v) is 15.9. The van der Waals surface area contributed by atoms with E-state index in [1.165, 1.54) is 81.9 Å². The largest absolute Gasteiger partial charge is 0.355 e. The molecular weight excluding hydrogens is 558 g/mol. The first kappa shape index (κ1) is 25.3. The Morgan fingerprint density at radius 2 is 0.978 bits per heavy atom. The van der Waals surface area contributed by atoms with Gasteiger partial charge in [0.05, 0.1) is 11.0 Å². The van der Waals surface area contributed by atoms with Crippen molar-refractivity contribution in [3.8, 4) is 22.3 Å². The molecule has 0 aliphatic heterocycles. The van der Waals surface area contributed by atoms with Crippen molar-refractivity contribution in [2.24, 2.45) is 0 Å². The lowest BCUT2D eigenvalue weighted by Crippen LogP contribution is -2.22. The van der Waals surface area contributed by atoms with Crippen molar-refractivity contribution in [2.75, 3.05) is 0 Å². The number of H-pyrrole nitrogens is 3. The van der Waals surface area contributed by atoms with Gasteiger partial charge < -0.3 is 15.0 Å². The molecule has 3 aromatic heterocycles. The van der Waals surface area contributed by atoms with Gasteiger partial charge in [-0.25, -0.2) is 0 Å². The molecule has 0 saturated heterocycles. The summed E-state index contributed by atoms with van der Waals surface area (Å²) in [5.41, 5.74) is 11.9. The average Bonchev–Trinajstić information content (AvgIpc) is 3.74. The summed E-state index contributed by atoms with van der Waals surface area (Å²) in [6, 6.07) is 46.2. The summed E-state index contributed by atoms with van der Waals surface area (Å²) >= 11 is 0. The van der Waals surface area contributed by atoms with E-state index in [9.17, 15) is 0 Å². The molecule has 0 saturated carbocycles. The minimum atomic E-state index is 0.0908.